The highest BCUT2D eigenvalue weighted by atomic mass is 16.5. The number of furan rings is 1. The van der Waals surface area contributed by atoms with Crippen molar-refractivity contribution in [3.63, 3.8) is 0 Å². The third kappa shape index (κ3) is 3.90. The molecule has 4 rings (SSSR count). The lowest BCUT2D eigenvalue weighted by Crippen LogP contribution is -2.55. The predicted octanol–water partition coefficient (Wildman–Crippen LogP) is 1.88. The first-order valence-corrected chi connectivity index (χ1v) is 10.1. The number of nitrogens with zero attached hydrogens (tertiary/aromatic N) is 3. The van der Waals surface area contributed by atoms with Crippen LogP contribution in [0.15, 0.2) is 47.1 Å². The molecule has 0 bridgehead atoms. The summed E-state index contributed by atoms with van der Waals surface area (Å²) in [5.74, 6) is 0.602. The van der Waals surface area contributed by atoms with Crippen LogP contribution < -0.4 is 4.74 Å². The first-order valence-electron chi connectivity index (χ1n) is 10.1. The fourth-order valence-corrected chi connectivity index (χ4v) is 4.07. The van der Waals surface area contributed by atoms with Crippen molar-refractivity contribution < 1.29 is 23.5 Å². The molecule has 2 saturated heterocycles. The fraction of sp³-hybridized carbons (Fsp3) is 0.409. The van der Waals surface area contributed by atoms with Gasteiger partial charge in [-0.15, -0.1) is 0 Å². The van der Waals surface area contributed by atoms with Crippen LogP contribution in [0.4, 0.5) is 0 Å². The summed E-state index contributed by atoms with van der Waals surface area (Å²) < 4.78 is 10.3. The van der Waals surface area contributed by atoms with E-state index in [1.54, 1.807) is 58.2 Å². The molecule has 158 valence electrons. The van der Waals surface area contributed by atoms with Gasteiger partial charge >= 0.3 is 0 Å². The molecule has 2 fully saturated rings. The second-order valence-corrected chi connectivity index (χ2v) is 7.48. The van der Waals surface area contributed by atoms with Crippen molar-refractivity contribution in [2.75, 3.05) is 39.8 Å². The summed E-state index contributed by atoms with van der Waals surface area (Å²) >= 11 is 0. The van der Waals surface area contributed by atoms with Crippen LogP contribution in [0.2, 0.25) is 0 Å². The fourth-order valence-electron chi connectivity index (χ4n) is 4.07. The quantitative estimate of drug-likeness (QED) is 0.767. The Morgan fingerprint density at radius 3 is 2.27 bits per heavy atom. The smallest absolute Gasteiger partial charge is 0.290 e. The average Bonchev–Trinajstić information content (AvgIpc) is 3.50. The van der Waals surface area contributed by atoms with Gasteiger partial charge in [-0.1, -0.05) is 0 Å². The predicted molar refractivity (Wildman–Crippen MR) is 108 cm³/mol. The molecule has 0 N–H and O–H groups in total. The van der Waals surface area contributed by atoms with E-state index in [2.05, 4.69) is 0 Å². The number of hydrogen-bond acceptors (Lipinski definition) is 5. The number of benzene rings is 1. The van der Waals surface area contributed by atoms with E-state index in [4.69, 9.17) is 9.15 Å². The zero-order chi connectivity index (χ0) is 21.1. The second kappa shape index (κ2) is 8.61. The van der Waals surface area contributed by atoms with E-state index in [-0.39, 0.29) is 23.5 Å². The molecule has 1 aromatic heterocycles. The van der Waals surface area contributed by atoms with Crippen LogP contribution in [-0.2, 0) is 4.79 Å². The average molecular weight is 411 g/mol. The van der Waals surface area contributed by atoms with Crippen molar-refractivity contribution in [1.29, 1.82) is 0 Å². The maximum atomic E-state index is 13.1. The molecule has 1 atom stereocenters. The van der Waals surface area contributed by atoms with Gasteiger partial charge < -0.3 is 23.9 Å². The number of ether oxygens (including phenoxy) is 1. The van der Waals surface area contributed by atoms with E-state index in [1.807, 2.05) is 0 Å². The van der Waals surface area contributed by atoms with Crippen molar-refractivity contribution >= 4 is 17.7 Å². The van der Waals surface area contributed by atoms with Crippen molar-refractivity contribution in [2.24, 2.45) is 0 Å². The van der Waals surface area contributed by atoms with Gasteiger partial charge in [-0.2, -0.15) is 0 Å². The molecule has 8 nitrogen and oxygen atoms in total. The number of likely N-dealkylation sites (tertiary alicyclic amines) is 1. The lowest BCUT2D eigenvalue weighted by Gasteiger charge is -2.37. The minimum atomic E-state index is -0.466. The van der Waals surface area contributed by atoms with Gasteiger partial charge in [0.1, 0.15) is 11.8 Å². The highest BCUT2D eigenvalue weighted by Crippen LogP contribution is 2.23. The van der Waals surface area contributed by atoms with Crippen LogP contribution >= 0.6 is 0 Å². The first kappa shape index (κ1) is 20.0. The number of carbonyl (C=O) groups is 3. The van der Waals surface area contributed by atoms with Crippen molar-refractivity contribution in [3.8, 4) is 5.75 Å². The van der Waals surface area contributed by atoms with Gasteiger partial charge in [0, 0.05) is 38.3 Å². The van der Waals surface area contributed by atoms with E-state index in [1.165, 1.54) is 6.26 Å². The highest BCUT2D eigenvalue weighted by molar-refractivity contribution is 5.96. The third-order valence-corrected chi connectivity index (χ3v) is 5.75. The Balaban J connectivity index is 1.35. The normalized spacial score (nSPS) is 19.1. The van der Waals surface area contributed by atoms with Crippen LogP contribution in [0.3, 0.4) is 0 Å². The molecule has 0 saturated carbocycles. The molecular formula is C22H25N3O5. The van der Waals surface area contributed by atoms with Gasteiger partial charge in [-0.25, -0.2) is 0 Å². The monoisotopic (exact) mass is 411 g/mol. The SMILES string of the molecule is COc1ccc(C(=O)N2CCN(C(=O)[C@@H]3CCCN3C(=O)c3ccco3)CC2)cc1. The zero-order valence-electron chi connectivity index (χ0n) is 17.0. The van der Waals surface area contributed by atoms with E-state index in [0.717, 1.165) is 6.42 Å². The van der Waals surface area contributed by atoms with Crippen LogP contribution in [0.5, 0.6) is 5.75 Å². The van der Waals surface area contributed by atoms with Crippen LogP contribution in [0, 0.1) is 0 Å². The van der Waals surface area contributed by atoms with Crippen LogP contribution in [0.1, 0.15) is 33.8 Å². The Kier molecular flexibility index (Phi) is 5.74. The summed E-state index contributed by atoms with van der Waals surface area (Å²) in [7, 11) is 1.58. The molecule has 0 unspecified atom stereocenters. The van der Waals surface area contributed by atoms with Crippen molar-refractivity contribution in [3.05, 3.63) is 54.0 Å². The molecule has 8 heteroatoms. The van der Waals surface area contributed by atoms with E-state index < -0.39 is 6.04 Å². The minimum Gasteiger partial charge on any atom is -0.497 e. The topological polar surface area (TPSA) is 83.3 Å². The molecule has 3 heterocycles. The second-order valence-electron chi connectivity index (χ2n) is 7.48. The number of rotatable bonds is 4. The summed E-state index contributed by atoms with van der Waals surface area (Å²) in [5.41, 5.74) is 0.599. The van der Waals surface area contributed by atoms with Crippen LogP contribution in [-0.4, -0.2) is 78.3 Å². The van der Waals surface area contributed by atoms with Gasteiger partial charge in [0.25, 0.3) is 11.8 Å². The van der Waals surface area contributed by atoms with E-state index in [0.29, 0.717) is 50.5 Å². The number of carbonyl (C=O) groups excluding carboxylic acids is 3. The van der Waals surface area contributed by atoms with Gasteiger partial charge in [-0.3, -0.25) is 14.4 Å². The van der Waals surface area contributed by atoms with Crippen LogP contribution in [0.25, 0.3) is 0 Å². The Hall–Kier alpha value is -3.29. The maximum Gasteiger partial charge on any atom is 0.290 e. The summed E-state index contributed by atoms with van der Waals surface area (Å²) in [6.45, 7) is 2.40. The standard InChI is InChI=1S/C22H25N3O5/c1-29-17-8-6-16(7-9-17)20(26)23-11-13-24(14-12-23)21(27)18-4-2-10-25(18)22(28)19-5-3-15-30-19/h3,5-9,15,18H,2,4,10-14H2,1H3/t18-/m0/s1. The molecule has 30 heavy (non-hydrogen) atoms. The van der Waals surface area contributed by atoms with E-state index >= 15 is 0 Å². The largest absolute Gasteiger partial charge is 0.497 e. The Labute approximate surface area is 175 Å². The van der Waals surface area contributed by atoms with Gasteiger partial charge in [0.2, 0.25) is 5.91 Å². The summed E-state index contributed by atoms with van der Waals surface area (Å²) in [6, 6.07) is 9.83. The molecule has 0 radical (unpaired) electrons. The molecule has 1 aromatic carbocycles. The molecule has 0 spiro atoms. The molecule has 2 aliphatic heterocycles. The lowest BCUT2D eigenvalue weighted by atomic mass is 10.1. The van der Waals surface area contributed by atoms with Crippen molar-refractivity contribution in [2.45, 2.75) is 18.9 Å². The van der Waals surface area contributed by atoms with Gasteiger partial charge in [0.15, 0.2) is 5.76 Å². The Morgan fingerprint density at radius 2 is 1.63 bits per heavy atom. The van der Waals surface area contributed by atoms with Gasteiger partial charge in [-0.05, 0) is 49.2 Å². The summed E-state index contributed by atoms with van der Waals surface area (Å²) in [6.07, 6.45) is 2.90. The third-order valence-electron chi connectivity index (χ3n) is 5.75. The Bertz CT molecular complexity index is 901. The van der Waals surface area contributed by atoms with E-state index in [9.17, 15) is 14.4 Å². The van der Waals surface area contributed by atoms with Gasteiger partial charge in [0.05, 0.1) is 13.4 Å². The summed E-state index contributed by atoms with van der Waals surface area (Å²) in [5, 5.41) is 0. The minimum absolute atomic E-state index is 0.0519. The Morgan fingerprint density at radius 1 is 0.933 bits per heavy atom. The summed E-state index contributed by atoms with van der Waals surface area (Å²) in [4.78, 5) is 43.6. The number of hydrogen-bond donors (Lipinski definition) is 0. The molecule has 2 aromatic rings. The molecule has 0 aliphatic carbocycles. The molecular weight excluding hydrogens is 386 g/mol. The highest BCUT2D eigenvalue weighted by Gasteiger charge is 2.38. The molecule has 2 aliphatic rings. The number of amides is 3. The number of methoxy groups -OCH3 is 1. The zero-order valence-corrected chi connectivity index (χ0v) is 17.0. The lowest BCUT2D eigenvalue weighted by molar-refractivity contribution is -0.136. The maximum absolute atomic E-state index is 13.1. The number of piperazine rings is 1. The molecule has 3 amide bonds. The first-order chi connectivity index (χ1) is 14.6. The van der Waals surface area contributed by atoms with Crippen molar-refractivity contribution in [1.82, 2.24) is 14.7 Å².